The zero-order valence-corrected chi connectivity index (χ0v) is 36.0. The van der Waals surface area contributed by atoms with Crippen LogP contribution < -0.4 is 10.6 Å². The Morgan fingerprint density at radius 3 is 2.13 bits per heavy atom. The number of Topliss-reactive ketones (excluding diaryl/α,β-unsaturated/α-hetero) is 1. The van der Waals surface area contributed by atoms with Crippen LogP contribution in [0.15, 0.2) is 11.1 Å². The molecule has 0 bridgehead atoms. The van der Waals surface area contributed by atoms with Crippen molar-refractivity contribution in [2.75, 3.05) is 27.2 Å². The van der Waals surface area contributed by atoms with Crippen molar-refractivity contribution in [3.8, 4) is 0 Å². The van der Waals surface area contributed by atoms with Crippen LogP contribution >= 0.6 is 0 Å². The number of nitrogens with one attached hydrogen (secondary N) is 2. The lowest BCUT2D eigenvalue weighted by Gasteiger charge is -2.72. The molecule has 304 valence electrons. The topological polar surface area (TPSA) is 125 Å². The summed E-state index contributed by atoms with van der Waals surface area (Å²) in [5.41, 5.74) is 0.0902. The van der Waals surface area contributed by atoms with Crippen molar-refractivity contribution in [2.24, 2.45) is 62.6 Å². The van der Waals surface area contributed by atoms with Gasteiger partial charge in [-0.05, 0) is 142 Å². The Balaban J connectivity index is 1.26. The maximum absolute atomic E-state index is 14.2. The van der Waals surface area contributed by atoms with Gasteiger partial charge in [0.1, 0.15) is 6.10 Å². The van der Waals surface area contributed by atoms with E-state index in [-0.39, 0.29) is 63.2 Å². The first kappa shape index (κ1) is 41.4. The van der Waals surface area contributed by atoms with Crippen LogP contribution in [0, 0.1) is 62.6 Å². The number of ether oxygens (including phenoxy) is 1. The van der Waals surface area contributed by atoms with Gasteiger partial charge in [-0.3, -0.25) is 19.2 Å². The Kier molecular flexibility index (Phi) is 10.3. The van der Waals surface area contributed by atoms with E-state index in [1.807, 2.05) is 41.8 Å². The molecule has 0 saturated heterocycles. The third kappa shape index (κ3) is 6.05. The van der Waals surface area contributed by atoms with Gasteiger partial charge in [-0.2, -0.15) is 0 Å². The van der Waals surface area contributed by atoms with Crippen LogP contribution in [-0.4, -0.2) is 78.0 Å². The van der Waals surface area contributed by atoms with Gasteiger partial charge in [-0.1, -0.05) is 62.3 Å². The Morgan fingerprint density at radius 2 is 1.54 bits per heavy atom. The molecule has 0 aromatic heterocycles. The molecule has 54 heavy (non-hydrogen) atoms. The van der Waals surface area contributed by atoms with E-state index in [0.717, 1.165) is 63.5 Å². The number of amides is 1. The standard InChI is InChI=1S/C45H73N3O6/c1-26(2)34-30(49)25-45(47-38(53)41(7,8)46-22-23-48(12)13)21-20-43(10)27(35(34)45)14-15-32-42(9)18-17-33(40(5,6)31(42)16-19-44(32,43)11)54-37(52)29-24-28(36(50)51)39(29,3)4/h26-29,31-33,46H,14-25H2,1-13H3,(H,47,53)(H,50,51)/t27-,28+,29-,31+,32-,33+,42+,43-,44-,45-/m1/s1. The minimum Gasteiger partial charge on any atom is -0.481 e. The van der Waals surface area contributed by atoms with Crippen LogP contribution in [0.2, 0.25) is 0 Å². The third-order valence-corrected chi connectivity index (χ3v) is 17.5. The number of hydrogen-bond acceptors (Lipinski definition) is 7. The molecule has 0 spiro atoms. The highest BCUT2D eigenvalue weighted by Crippen LogP contribution is 2.76. The van der Waals surface area contributed by atoms with Gasteiger partial charge < -0.3 is 25.4 Å². The predicted octanol–water partition coefficient (Wildman–Crippen LogP) is 7.42. The largest absolute Gasteiger partial charge is 0.481 e. The zero-order chi connectivity index (χ0) is 40.2. The minimum absolute atomic E-state index is 0.0262. The highest BCUT2D eigenvalue weighted by molar-refractivity contribution is 6.02. The summed E-state index contributed by atoms with van der Waals surface area (Å²) < 4.78 is 6.41. The number of carbonyl (C=O) groups excluding carboxylic acids is 3. The average molecular weight is 752 g/mol. The number of carboxylic acid groups (broad SMARTS) is 1. The van der Waals surface area contributed by atoms with Gasteiger partial charge in [-0.15, -0.1) is 0 Å². The third-order valence-electron chi connectivity index (χ3n) is 17.5. The second kappa shape index (κ2) is 13.4. The van der Waals surface area contributed by atoms with Crippen molar-refractivity contribution in [1.29, 1.82) is 0 Å². The number of ketones is 1. The number of rotatable bonds is 10. The Bertz CT molecular complexity index is 1590. The molecular weight excluding hydrogens is 679 g/mol. The first-order chi connectivity index (χ1) is 24.8. The van der Waals surface area contributed by atoms with Gasteiger partial charge in [0.15, 0.2) is 5.78 Å². The molecule has 0 unspecified atom stereocenters. The number of esters is 1. The molecule has 0 radical (unpaired) electrons. The summed E-state index contributed by atoms with van der Waals surface area (Å²) >= 11 is 0. The Morgan fingerprint density at radius 1 is 0.870 bits per heavy atom. The van der Waals surface area contributed by atoms with Gasteiger partial charge >= 0.3 is 11.9 Å². The first-order valence-corrected chi connectivity index (χ1v) is 21.2. The molecule has 5 fully saturated rings. The summed E-state index contributed by atoms with van der Waals surface area (Å²) in [6.45, 7) is 25.8. The maximum Gasteiger partial charge on any atom is 0.309 e. The van der Waals surface area contributed by atoms with Crippen LogP contribution in [0.1, 0.15) is 140 Å². The molecule has 3 N–H and O–H groups in total. The Hall–Kier alpha value is -2.26. The number of nitrogens with zero attached hydrogens (tertiary/aromatic N) is 1. The summed E-state index contributed by atoms with van der Waals surface area (Å²) in [5, 5.41) is 16.7. The van der Waals surface area contributed by atoms with Crippen molar-refractivity contribution >= 4 is 23.6 Å². The zero-order valence-electron chi connectivity index (χ0n) is 36.0. The lowest BCUT2D eigenvalue weighted by molar-refractivity contribution is -0.235. The Labute approximate surface area is 325 Å². The van der Waals surface area contributed by atoms with Gasteiger partial charge in [0.05, 0.1) is 22.9 Å². The molecule has 1 amide bonds. The monoisotopic (exact) mass is 752 g/mol. The quantitative estimate of drug-likeness (QED) is 0.197. The van der Waals surface area contributed by atoms with E-state index in [9.17, 15) is 24.3 Å². The minimum atomic E-state index is -0.830. The molecule has 0 aromatic rings. The van der Waals surface area contributed by atoms with E-state index in [4.69, 9.17) is 4.74 Å². The van der Waals surface area contributed by atoms with Crippen molar-refractivity contribution in [2.45, 2.75) is 158 Å². The molecular formula is C45H73N3O6. The van der Waals surface area contributed by atoms with Gasteiger partial charge in [0.2, 0.25) is 5.91 Å². The number of fused-ring (bicyclic) bond motifs is 7. The number of aliphatic carboxylic acids is 1. The molecule has 6 aliphatic rings. The van der Waals surface area contributed by atoms with Crippen molar-refractivity contribution in [3.05, 3.63) is 11.1 Å². The predicted molar refractivity (Wildman–Crippen MR) is 211 cm³/mol. The maximum atomic E-state index is 14.2. The first-order valence-electron chi connectivity index (χ1n) is 21.2. The van der Waals surface area contributed by atoms with Crippen LogP contribution in [-0.2, 0) is 23.9 Å². The summed E-state index contributed by atoms with van der Waals surface area (Å²) in [7, 11) is 4.06. The summed E-state index contributed by atoms with van der Waals surface area (Å²) in [5.74, 6) is -0.562. The number of likely N-dealkylation sites (N-methyl/N-ethyl adjacent to an activating group) is 1. The van der Waals surface area contributed by atoms with Crippen LogP contribution in [0.25, 0.3) is 0 Å². The highest BCUT2D eigenvalue weighted by Gasteiger charge is 2.70. The number of carboxylic acids is 1. The lowest BCUT2D eigenvalue weighted by Crippen LogP contribution is -2.68. The van der Waals surface area contributed by atoms with Crippen LogP contribution in [0.4, 0.5) is 0 Å². The fourth-order valence-electron chi connectivity index (χ4n) is 14.0. The molecule has 9 nitrogen and oxygen atoms in total. The summed E-state index contributed by atoms with van der Waals surface area (Å²) in [4.78, 5) is 55.7. The fraction of sp³-hybridized carbons (Fsp3) is 0.867. The molecule has 0 aliphatic heterocycles. The van der Waals surface area contributed by atoms with E-state index in [1.165, 1.54) is 5.57 Å². The molecule has 10 atom stereocenters. The van der Waals surface area contributed by atoms with E-state index < -0.39 is 28.4 Å². The summed E-state index contributed by atoms with van der Waals surface area (Å²) in [6.07, 6.45) is 8.35. The van der Waals surface area contributed by atoms with E-state index in [0.29, 0.717) is 31.2 Å². The van der Waals surface area contributed by atoms with E-state index in [1.54, 1.807) is 0 Å². The van der Waals surface area contributed by atoms with E-state index >= 15 is 0 Å². The van der Waals surface area contributed by atoms with Gasteiger partial charge in [0, 0.05) is 24.9 Å². The molecule has 6 aliphatic carbocycles. The van der Waals surface area contributed by atoms with Crippen molar-refractivity contribution < 1.29 is 29.0 Å². The second-order valence-corrected chi connectivity index (χ2v) is 21.9. The summed E-state index contributed by atoms with van der Waals surface area (Å²) in [6, 6.07) is 0. The SMILES string of the molecule is CC(C)C1=C2[C@H]3CC[C@@H]4[C@@]5(C)CC[C@H](OC(=O)[C@H]6C[C@@H](C(=O)O)C6(C)C)C(C)(C)[C@@H]5CC[C@@]4(C)[C@]3(C)CC[C@@]2(NC(=O)C(C)(C)NCCN(C)C)CC1=O. The molecule has 0 aromatic carbocycles. The number of hydrogen-bond donors (Lipinski definition) is 3. The molecule has 6 rings (SSSR count). The van der Waals surface area contributed by atoms with Gasteiger partial charge in [-0.25, -0.2) is 0 Å². The van der Waals surface area contributed by atoms with Crippen molar-refractivity contribution in [1.82, 2.24) is 15.5 Å². The fourth-order valence-corrected chi connectivity index (χ4v) is 14.0. The number of carbonyl (C=O) groups is 4. The lowest BCUT2D eigenvalue weighted by atomic mass is 9.33. The van der Waals surface area contributed by atoms with Crippen LogP contribution in [0.5, 0.6) is 0 Å². The molecule has 9 heteroatoms. The molecule has 0 heterocycles. The van der Waals surface area contributed by atoms with Gasteiger partial charge in [0.25, 0.3) is 0 Å². The second-order valence-electron chi connectivity index (χ2n) is 21.9. The normalized spacial score (nSPS) is 41.0. The average Bonchev–Trinajstić information content (AvgIpc) is 3.33. The van der Waals surface area contributed by atoms with Crippen molar-refractivity contribution in [3.63, 3.8) is 0 Å². The van der Waals surface area contributed by atoms with Crippen LogP contribution in [0.3, 0.4) is 0 Å². The molecule has 5 saturated carbocycles. The smallest absolute Gasteiger partial charge is 0.309 e. The highest BCUT2D eigenvalue weighted by atomic mass is 16.5. The van der Waals surface area contributed by atoms with E-state index in [2.05, 4.69) is 64.0 Å². The number of allylic oxidation sites excluding steroid dienone is 1.